The van der Waals surface area contributed by atoms with Crippen molar-refractivity contribution in [1.29, 1.82) is 0 Å². The van der Waals surface area contributed by atoms with Crippen molar-refractivity contribution < 1.29 is 13.2 Å². The van der Waals surface area contributed by atoms with Crippen molar-refractivity contribution in [2.75, 3.05) is 13.1 Å². The van der Waals surface area contributed by atoms with Crippen LogP contribution >= 0.6 is 11.3 Å². The molecule has 8 nitrogen and oxygen atoms in total. The Hall–Kier alpha value is -4.42. The minimum absolute atomic E-state index is 0.0853. The molecule has 7 rings (SSSR count). The van der Waals surface area contributed by atoms with Crippen molar-refractivity contribution in [1.82, 2.24) is 40.0 Å². The summed E-state index contributed by atoms with van der Waals surface area (Å²) in [6.45, 7) is 6.28. The second-order valence-electron chi connectivity index (χ2n) is 10.3. The van der Waals surface area contributed by atoms with E-state index in [-0.39, 0.29) is 24.0 Å². The highest BCUT2D eigenvalue weighted by molar-refractivity contribution is 7.16. The van der Waals surface area contributed by atoms with E-state index < -0.39 is 11.7 Å². The van der Waals surface area contributed by atoms with E-state index in [1.807, 2.05) is 25.1 Å². The van der Waals surface area contributed by atoms with Gasteiger partial charge >= 0.3 is 0 Å². The van der Waals surface area contributed by atoms with Gasteiger partial charge in [-0.3, -0.25) is 20.0 Å². The number of halogens is 3. The Morgan fingerprint density at radius 3 is 2.80 bits per heavy atom. The normalized spacial score (nSPS) is 15.3. The van der Waals surface area contributed by atoms with Gasteiger partial charge in [0.1, 0.15) is 11.4 Å². The molecule has 1 aliphatic heterocycles. The van der Waals surface area contributed by atoms with Crippen LogP contribution in [0.25, 0.3) is 60.9 Å². The van der Waals surface area contributed by atoms with E-state index in [1.165, 1.54) is 12.4 Å². The van der Waals surface area contributed by atoms with Crippen molar-refractivity contribution >= 4 is 39.0 Å². The molecule has 0 atom stereocenters. The predicted molar refractivity (Wildman–Crippen MR) is 153 cm³/mol. The van der Waals surface area contributed by atoms with Gasteiger partial charge in [-0.15, -0.1) is 11.3 Å². The number of hydrogen-bond donors (Lipinski definition) is 2. The number of hydrogen-bond acceptors (Lipinski definition) is 7. The van der Waals surface area contributed by atoms with Crippen LogP contribution in [0.5, 0.6) is 0 Å². The van der Waals surface area contributed by atoms with E-state index in [9.17, 15) is 8.78 Å². The number of aromatic amines is 2. The highest BCUT2D eigenvalue weighted by Crippen LogP contribution is 2.37. The van der Waals surface area contributed by atoms with Crippen LogP contribution in [-0.2, 0) is 6.54 Å². The molecule has 0 spiro atoms. The van der Waals surface area contributed by atoms with Gasteiger partial charge in [0.15, 0.2) is 17.3 Å². The predicted octanol–water partition coefficient (Wildman–Crippen LogP) is 6.70. The first-order valence-corrected chi connectivity index (χ1v) is 13.8. The molecule has 1 fully saturated rings. The molecular formula is C29H23F3N8S. The Morgan fingerprint density at radius 1 is 1.15 bits per heavy atom. The summed E-state index contributed by atoms with van der Waals surface area (Å²) in [7, 11) is 0. The molecule has 0 unspecified atom stereocenters. The van der Waals surface area contributed by atoms with Gasteiger partial charge in [-0.1, -0.05) is 6.58 Å². The minimum Gasteiger partial charge on any atom is -0.335 e. The highest BCUT2D eigenvalue weighted by atomic mass is 32.1. The number of aromatic nitrogens is 7. The van der Waals surface area contributed by atoms with Gasteiger partial charge in [-0.05, 0) is 42.3 Å². The van der Waals surface area contributed by atoms with Gasteiger partial charge in [0.2, 0.25) is 0 Å². The fourth-order valence-electron chi connectivity index (χ4n) is 5.19. The lowest BCUT2D eigenvalue weighted by Gasteiger charge is -2.15. The average Bonchev–Trinajstić information content (AvgIpc) is 3.74. The van der Waals surface area contributed by atoms with Crippen LogP contribution in [0.15, 0.2) is 55.6 Å². The molecule has 0 aliphatic carbocycles. The van der Waals surface area contributed by atoms with E-state index in [4.69, 9.17) is 0 Å². The Labute approximate surface area is 236 Å². The number of pyridine rings is 3. The number of nitrogens with zero attached hydrogens (tertiary/aromatic N) is 6. The second-order valence-corrected chi connectivity index (χ2v) is 11.4. The number of nitrogens with one attached hydrogen (secondary N) is 2. The van der Waals surface area contributed by atoms with Crippen molar-refractivity contribution in [3.63, 3.8) is 0 Å². The molecule has 41 heavy (non-hydrogen) atoms. The van der Waals surface area contributed by atoms with E-state index in [1.54, 1.807) is 34.7 Å². The van der Waals surface area contributed by atoms with Gasteiger partial charge < -0.3 is 4.98 Å². The molecule has 6 aromatic rings. The van der Waals surface area contributed by atoms with Crippen LogP contribution in [-0.4, -0.2) is 59.0 Å². The van der Waals surface area contributed by atoms with Crippen LogP contribution in [0, 0.1) is 5.82 Å². The minimum atomic E-state index is -2.69. The summed E-state index contributed by atoms with van der Waals surface area (Å²) in [5, 5.41) is 7.43. The largest absolute Gasteiger partial charge is 0.335 e. The quantitative estimate of drug-likeness (QED) is 0.230. The molecule has 0 aromatic carbocycles. The Bertz CT molecular complexity index is 1960. The monoisotopic (exact) mass is 572 g/mol. The number of fused-ring (bicyclic) bond motifs is 2. The summed E-state index contributed by atoms with van der Waals surface area (Å²) >= 11 is 1.62. The molecule has 6 aromatic heterocycles. The molecule has 0 saturated carbocycles. The summed E-state index contributed by atoms with van der Waals surface area (Å²) in [5.41, 5.74) is 5.04. The summed E-state index contributed by atoms with van der Waals surface area (Å²) < 4.78 is 43.4. The van der Waals surface area contributed by atoms with Crippen LogP contribution in [0.3, 0.4) is 0 Å². The van der Waals surface area contributed by atoms with E-state index >= 15 is 4.39 Å². The van der Waals surface area contributed by atoms with Gasteiger partial charge in [0.25, 0.3) is 5.92 Å². The van der Waals surface area contributed by atoms with E-state index in [2.05, 4.69) is 41.7 Å². The number of likely N-dealkylation sites (tertiary alicyclic amines) is 1. The van der Waals surface area contributed by atoms with Crippen LogP contribution in [0.2, 0.25) is 0 Å². The molecule has 2 N–H and O–H groups in total. The van der Waals surface area contributed by atoms with Gasteiger partial charge in [0, 0.05) is 59.0 Å². The molecule has 0 amide bonds. The van der Waals surface area contributed by atoms with Crippen LogP contribution in [0.4, 0.5) is 13.2 Å². The second kappa shape index (κ2) is 9.60. The number of rotatable bonds is 6. The lowest BCUT2D eigenvalue weighted by atomic mass is 10.1. The van der Waals surface area contributed by atoms with Crippen LogP contribution in [0.1, 0.15) is 23.8 Å². The lowest BCUT2D eigenvalue weighted by molar-refractivity contribution is 0.0115. The zero-order valence-electron chi connectivity index (χ0n) is 21.9. The van der Waals surface area contributed by atoms with E-state index in [0.29, 0.717) is 52.4 Å². The number of alkyl halides is 2. The average molecular weight is 573 g/mol. The molecule has 7 heterocycles. The fourth-order valence-corrected chi connectivity index (χ4v) is 6.16. The van der Waals surface area contributed by atoms with Crippen LogP contribution < -0.4 is 0 Å². The topological polar surface area (TPSA) is 99.3 Å². The Morgan fingerprint density at radius 2 is 2.02 bits per heavy atom. The molecule has 12 heteroatoms. The highest BCUT2D eigenvalue weighted by Gasteiger charge is 2.38. The standard InChI is InChI=1S/C29H23F3N8S/c1-15(2)20-3-4-21(41-20)18-5-7-34-27-25(18)36-28(37-27)26-22-19(38-39-26)12-35-24(23(22)30)17-9-16(10-33-11-17)13-40-8-6-29(31,32)14-40/h3-5,7,9-12H,1,6,8,13-14H2,2H3,(H,38,39)(H,34,36,37). The summed E-state index contributed by atoms with van der Waals surface area (Å²) in [6, 6.07) is 7.70. The Balaban J connectivity index is 1.27. The number of allylic oxidation sites excluding steroid dienone is 1. The SMILES string of the molecule is C=C(C)c1ccc(-c2ccnc3nc(-c4n[nH]c5cnc(-c6cncc(CN7CCC(F)(F)C7)c6)c(F)c45)[nH]c23)s1. The molecule has 0 bridgehead atoms. The number of imidazole rings is 1. The molecule has 206 valence electrons. The lowest BCUT2D eigenvalue weighted by Crippen LogP contribution is -2.24. The van der Waals surface area contributed by atoms with Crippen molar-refractivity contribution in [2.24, 2.45) is 0 Å². The third kappa shape index (κ3) is 4.58. The summed E-state index contributed by atoms with van der Waals surface area (Å²) in [5.74, 6) is -2.91. The smallest absolute Gasteiger partial charge is 0.261 e. The zero-order chi connectivity index (χ0) is 28.3. The Kier molecular flexibility index (Phi) is 5.98. The number of H-pyrrole nitrogens is 2. The summed E-state index contributed by atoms with van der Waals surface area (Å²) in [6.07, 6.45) is 6.15. The maximum atomic E-state index is 16.1. The first kappa shape index (κ1) is 25.5. The molecule has 1 aliphatic rings. The van der Waals surface area contributed by atoms with Crippen molar-refractivity contribution in [3.8, 4) is 33.2 Å². The van der Waals surface area contributed by atoms with Gasteiger partial charge in [0.05, 0.1) is 29.2 Å². The summed E-state index contributed by atoms with van der Waals surface area (Å²) in [4.78, 5) is 24.7. The first-order chi connectivity index (χ1) is 19.8. The van der Waals surface area contributed by atoms with E-state index in [0.717, 1.165) is 20.9 Å². The van der Waals surface area contributed by atoms with Gasteiger partial charge in [-0.25, -0.2) is 23.1 Å². The first-order valence-electron chi connectivity index (χ1n) is 12.9. The maximum absolute atomic E-state index is 16.1. The van der Waals surface area contributed by atoms with Gasteiger partial charge in [-0.2, -0.15) is 5.10 Å². The molecule has 1 saturated heterocycles. The molecule has 0 radical (unpaired) electrons. The molecular weight excluding hydrogens is 549 g/mol. The zero-order valence-corrected chi connectivity index (χ0v) is 22.7. The third-order valence-corrected chi connectivity index (χ3v) is 8.46. The third-order valence-electron chi connectivity index (χ3n) is 7.18. The van der Waals surface area contributed by atoms with Crippen molar-refractivity contribution in [3.05, 3.63) is 71.9 Å². The maximum Gasteiger partial charge on any atom is 0.261 e. The fraction of sp³-hybridized carbons (Fsp3) is 0.207. The number of thiophene rings is 1. The van der Waals surface area contributed by atoms with Crippen molar-refractivity contribution in [2.45, 2.75) is 25.8 Å².